The number of fused-ring (bicyclic) bond motifs is 2. The summed E-state index contributed by atoms with van der Waals surface area (Å²) in [5, 5.41) is 17.5. The van der Waals surface area contributed by atoms with Crippen molar-refractivity contribution in [1.82, 2.24) is 0 Å². The molecule has 0 amide bonds. The molecular formula is C18H13N3O2Se. The SMILES string of the molecule is O=[N+]([O-])c1ccc(Nc2ccc3c(c2)[Se]c2ccccc2N3)cc1. The van der Waals surface area contributed by atoms with E-state index in [1.165, 1.54) is 26.7 Å². The quantitative estimate of drug-likeness (QED) is 0.325. The van der Waals surface area contributed by atoms with Crippen molar-refractivity contribution < 1.29 is 4.92 Å². The zero-order valence-corrected chi connectivity index (χ0v) is 14.2. The van der Waals surface area contributed by atoms with E-state index in [0.717, 1.165) is 17.1 Å². The van der Waals surface area contributed by atoms with E-state index < -0.39 is 4.92 Å². The summed E-state index contributed by atoms with van der Waals surface area (Å²) in [5.74, 6) is 0. The van der Waals surface area contributed by atoms with Gasteiger partial charge in [0.25, 0.3) is 0 Å². The second-order valence-electron chi connectivity index (χ2n) is 5.36. The first kappa shape index (κ1) is 14.8. The molecule has 5 nitrogen and oxygen atoms in total. The third kappa shape index (κ3) is 2.85. The minimum absolute atomic E-state index is 0.0927. The van der Waals surface area contributed by atoms with Crippen LogP contribution >= 0.6 is 0 Å². The molecule has 2 N–H and O–H groups in total. The Hall–Kier alpha value is -2.82. The third-order valence-electron chi connectivity index (χ3n) is 3.72. The Labute approximate surface area is 145 Å². The van der Waals surface area contributed by atoms with Crippen molar-refractivity contribution >= 4 is 52.3 Å². The van der Waals surface area contributed by atoms with E-state index in [2.05, 4.69) is 41.0 Å². The number of hydrogen-bond acceptors (Lipinski definition) is 4. The molecule has 24 heavy (non-hydrogen) atoms. The molecule has 4 rings (SSSR count). The number of benzene rings is 3. The number of nitro groups is 1. The zero-order chi connectivity index (χ0) is 16.5. The summed E-state index contributed by atoms with van der Waals surface area (Å²) in [6, 6.07) is 21.0. The van der Waals surface area contributed by atoms with Gasteiger partial charge in [0.1, 0.15) is 0 Å². The van der Waals surface area contributed by atoms with Crippen molar-refractivity contribution in [3.63, 3.8) is 0 Å². The van der Waals surface area contributed by atoms with Crippen LogP contribution in [0.4, 0.5) is 28.4 Å². The molecule has 0 fully saturated rings. The summed E-state index contributed by atoms with van der Waals surface area (Å²) in [4.78, 5) is 10.3. The topological polar surface area (TPSA) is 67.2 Å². The van der Waals surface area contributed by atoms with E-state index in [1.807, 2.05) is 12.1 Å². The van der Waals surface area contributed by atoms with Gasteiger partial charge in [-0.3, -0.25) is 0 Å². The van der Waals surface area contributed by atoms with Gasteiger partial charge in [-0.2, -0.15) is 0 Å². The number of anilines is 4. The van der Waals surface area contributed by atoms with Crippen molar-refractivity contribution in [3.05, 3.63) is 76.8 Å². The molecule has 3 aromatic carbocycles. The molecule has 1 aliphatic heterocycles. The van der Waals surface area contributed by atoms with Gasteiger partial charge < -0.3 is 0 Å². The van der Waals surface area contributed by atoms with Crippen LogP contribution in [0.3, 0.4) is 0 Å². The maximum absolute atomic E-state index is 10.7. The van der Waals surface area contributed by atoms with E-state index in [0.29, 0.717) is 0 Å². The number of nitrogens with one attached hydrogen (secondary N) is 2. The van der Waals surface area contributed by atoms with Gasteiger partial charge in [-0.1, -0.05) is 0 Å². The van der Waals surface area contributed by atoms with Crippen LogP contribution in [0.25, 0.3) is 0 Å². The summed E-state index contributed by atoms with van der Waals surface area (Å²) < 4.78 is 2.62. The fourth-order valence-electron chi connectivity index (χ4n) is 2.54. The predicted octanol–water partition coefficient (Wildman–Crippen LogP) is 3.05. The van der Waals surface area contributed by atoms with Gasteiger partial charge in [-0.15, -0.1) is 0 Å². The van der Waals surface area contributed by atoms with Crippen molar-refractivity contribution in [2.75, 3.05) is 10.6 Å². The zero-order valence-electron chi connectivity index (χ0n) is 12.5. The molecule has 0 radical (unpaired) electrons. The Morgan fingerprint density at radius 2 is 1.58 bits per heavy atom. The normalized spacial score (nSPS) is 11.8. The Balaban J connectivity index is 1.57. The molecule has 0 unspecified atom stereocenters. The monoisotopic (exact) mass is 383 g/mol. The standard InChI is InChI=1S/C18H13N3O2Se/c22-21(23)14-8-5-12(6-9-14)19-13-7-10-16-18(11-13)24-17-4-2-1-3-15(17)20-16/h1-11,19-20H. The van der Waals surface area contributed by atoms with Crippen molar-refractivity contribution in [1.29, 1.82) is 0 Å². The first-order chi connectivity index (χ1) is 11.7. The van der Waals surface area contributed by atoms with E-state index in [9.17, 15) is 10.1 Å². The van der Waals surface area contributed by atoms with E-state index in [-0.39, 0.29) is 20.6 Å². The number of rotatable bonds is 3. The molecule has 0 saturated carbocycles. The second kappa shape index (κ2) is 6.00. The van der Waals surface area contributed by atoms with Gasteiger partial charge in [-0.25, -0.2) is 0 Å². The van der Waals surface area contributed by atoms with Gasteiger partial charge in [0, 0.05) is 0 Å². The van der Waals surface area contributed by atoms with Crippen LogP contribution < -0.4 is 19.6 Å². The Bertz CT molecular complexity index is 926. The molecule has 0 atom stereocenters. The summed E-state index contributed by atoms with van der Waals surface area (Å²) >= 11 is 0.254. The molecule has 0 spiro atoms. The van der Waals surface area contributed by atoms with Crippen LogP contribution in [0.2, 0.25) is 0 Å². The molecule has 0 aromatic heterocycles. The molecule has 118 valence electrons. The first-order valence-corrected chi connectivity index (χ1v) is 9.10. The molecule has 1 heterocycles. The third-order valence-corrected chi connectivity index (χ3v) is 6.10. The number of nitrogens with zero attached hydrogens (tertiary/aromatic N) is 1. The first-order valence-electron chi connectivity index (χ1n) is 7.38. The van der Waals surface area contributed by atoms with Gasteiger partial charge in [0.15, 0.2) is 0 Å². The summed E-state index contributed by atoms with van der Waals surface area (Å²) in [6.07, 6.45) is 0. The van der Waals surface area contributed by atoms with Gasteiger partial charge in [0.2, 0.25) is 0 Å². The Morgan fingerprint density at radius 1 is 0.875 bits per heavy atom. The number of nitro benzene ring substituents is 1. The molecule has 0 saturated heterocycles. The Morgan fingerprint density at radius 3 is 2.38 bits per heavy atom. The summed E-state index contributed by atoms with van der Waals surface area (Å²) in [7, 11) is 0. The van der Waals surface area contributed by atoms with Gasteiger partial charge in [-0.05, 0) is 0 Å². The van der Waals surface area contributed by atoms with Crippen molar-refractivity contribution in [2.45, 2.75) is 0 Å². The summed E-state index contributed by atoms with van der Waals surface area (Å²) in [5.41, 5.74) is 4.22. The van der Waals surface area contributed by atoms with Crippen molar-refractivity contribution in [2.24, 2.45) is 0 Å². The van der Waals surface area contributed by atoms with Gasteiger partial charge in [0.05, 0.1) is 0 Å². The number of hydrogen-bond donors (Lipinski definition) is 2. The van der Waals surface area contributed by atoms with Crippen LogP contribution in [0.5, 0.6) is 0 Å². The molecule has 0 bridgehead atoms. The number of non-ortho nitro benzene ring substituents is 1. The van der Waals surface area contributed by atoms with Crippen LogP contribution in [-0.2, 0) is 0 Å². The van der Waals surface area contributed by atoms with Gasteiger partial charge >= 0.3 is 145 Å². The van der Waals surface area contributed by atoms with Crippen molar-refractivity contribution in [3.8, 4) is 0 Å². The average molecular weight is 382 g/mol. The average Bonchev–Trinajstić information content (AvgIpc) is 2.60. The molecule has 3 aromatic rings. The number of para-hydroxylation sites is 1. The van der Waals surface area contributed by atoms with E-state index in [1.54, 1.807) is 12.1 Å². The fraction of sp³-hybridized carbons (Fsp3) is 0. The van der Waals surface area contributed by atoms with E-state index in [4.69, 9.17) is 0 Å². The molecule has 6 heteroatoms. The minimum atomic E-state index is -0.395. The van der Waals surface area contributed by atoms with Crippen LogP contribution in [0.1, 0.15) is 0 Å². The fourth-order valence-corrected chi connectivity index (χ4v) is 4.70. The van der Waals surface area contributed by atoms with Crippen LogP contribution in [-0.4, -0.2) is 19.9 Å². The van der Waals surface area contributed by atoms with Crippen LogP contribution in [0, 0.1) is 10.1 Å². The molecule has 0 aliphatic carbocycles. The predicted molar refractivity (Wildman–Crippen MR) is 97.6 cm³/mol. The van der Waals surface area contributed by atoms with E-state index >= 15 is 0 Å². The Kier molecular flexibility index (Phi) is 3.69. The molecular weight excluding hydrogens is 369 g/mol. The molecule has 1 aliphatic rings. The maximum atomic E-state index is 10.7. The second-order valence-corrected chi connectivity index (χ2v) is 7.64. The summed E-state index contributed by atoms with van der Waals surface area (Å²) in [6.45, 7) is 0. The van der Waals surface area contributed by atoms with Crippen LogP contribution in [0.15, 0.2) is 66.7 Å².